The molecule has 0 atom stereocenters. The molecular weight excluding hydrogens is 319 g/mol. The van der Waals surface area contributed by atoms with Crippen LogP contribution in [-0.2, 0) is 13.1 Å². The Morgan fingerprint density at radius 1 is 0.917 bits per heavy atom. The van der Waals surface area contributed by atoms with E-state index >= 15 is 0 Å². The van der Waals surface area contributed by atoms with Crippen molar-refractivity contribution in [1.82, 2.24) is 24.8 Å². The molecule has 0 bridgehead atoms. The largest absolute Gasteiger partial charge is 0.401 e. The highest BCUT2D eigenvalue weighted by Crippen LogP contribution is 2.18. The summed E-state index contributed by atoms with van der Waals surface area (Å²) in [6.45, 7) is 2.57. The van der Waals surface area contributed by atoms with E-state index in [9.17, 15) is 13.2 Å². The van der Waals surface area contributed by atoms with Crippen LogP contribution in [0, 0.1) is 0 Å². The maximum atomic E-state index is 12.4. The fourth-order valence-electron chi connectivity index (χ4n) is 2.88. The lowest BCUT2D eigenvalue weighted by Gasteiger charge is -2.34. The maximum Gasteiger partial charge on any atom is 0.401 e. The Labute approximate surface area is 138 Å². The monoisotopic (exact) mass is 339 g/mol. The third-order valence-electron chi connectivity index (χ3n) is 4.13. The summed E-state index contributed by atoms with van der Waals surface area (Å²) in [5, 5.41) is 8.10. The molecule has 0 radical (unpaired) electrons. The number of rotatable bonds is 5. The molecule has 8 heteroatoms. The van der Waals surface area contributed by atoms with Crippen LogP contribution in [0.15, 0.2) is 36.5 Å². The predicted octanol–water partition coefficient (Wildman–Crippen LogP) is 2.01. The van der Waals surface area contributed by atoms with Gasteiger partial charge in [0.05, 0.1) is 25.0 Å². The van der Waals surface area contributed by atoms with Crippen molar-refractivity contribution in [3.8, 4) is 0 Å². The second-order valence-corrected chi connectivity index (χ2v) is 6.04. The number of piperazine rings is 1. The molecular formula is C16H20F3N5. The smallest absolute Gasteiger partial charge is 0.295 e. The molecule has 24 heavy (non-hydrogen) atoms. The molecule has 0 aliphatic carbocycles. The van der Waals surface area contributed by atoms with Gasteiger partial charge in [0.1, 0.15) is 0 Å². The molecule has 5 nitrogen and oxygen atoms in total. The minimum atomic E-state index is -4.12. The van der Waals surface area contributed by atoms with Crippen LogP contribution in [0.2, 0.25) is 0 Å². The molecule has 0 N–H and O–H groups in total. The first-order valence-electron chi connectivity index (χ1n) is 7.92. The average molecular weight is 339 g/mol. The van der Waals surface area contributed by atoms with E-state index in [2.05, 4.69) is 15.2 Å². The standard InChI is InChI=1S/C16H20F3N5/c17-16(18,19)13-23-8-6-22(7-9-23)12-15-10-20-21-24(15)11-14-4-2-1-3-5-14/h1-5,10H,6-9,11-13H2. The Balaban J connectivity index is 1.54. The van der Waals surface area contributed by atoms with Gasteiger partial charge in [0.2, 0.25) is 0 Å². The molecule has 1 fully saturated rings. The number of hydrogen-bond acceptors (Lipinski definition) is 4. The van der Waals surface area contributed by atoms with Crippen LogP contribution in [0.3, 0.4) is 0 Å². The maximum absolute atomic E-state index is 12.4. The number of benzene rings is 1. The van der Waals surface area contributed by atoms with Gasteiger partial charge in [0, 0.05) is 32.7 Å². The van der Waals surface area contributed by atoms with Gasteiger partial charge in [-0.3, -0.25) is 9.80 Å². The van der Waals surface area contributed by atoms with Gasteiger partial charge in [-0.2, -0.15) is 13.2 Å². The molecule has 0 spiro atoms. The summed E-state index contributed by atoms with van der Waals surface area (Å²) in [4.78, 5) is 3.60. The summed E-state index contributed by atoms with van der Waals surface area (Å²) in [6.07, 6.45) is -2.40. The lowest BCUT2D eigenvalue weighted by Crippen LogP contribution is -2.48. The van der Waals surface area contributed by atoms with Crippen LogP contribution >= 0.6 is 0 Å². The molecule has 1 aliphatic rings. The normalized spacial score (nSPS) is 17.3. The van der Waals surface area contributed by atoms with E-state index in [4.69, 9.17) is 0 Å². The van der Waals surface area contributed by atoms with Gasteiger partial charge in [0.25, 0.3) is 0 Å². The molecule has 0 saturated carbocycles. The van der Waals surface area contributed by atoms with Crippen molar-refractivity contribution in [1.29, 1.82) is 0 Å². The Hall–Kier alpha value is -1.93. The van der Waals surface area contributed by atoms with Gasteiger partial charge in [0.15, 0.2) is 0 Å². The van der Waals surface area contributed by atoms with Gasteiger partial charge in [-0.05, 0) is 5.56 Å². The summed E-state index contributed by atoms with van der Waals surface area (Å²) in [6, 6.07) is 9.98. The van der Waals surface area contributed by atoms with Gasteiger partial charge in [-0.15, -0.1) is 5.10 Å². The van der Waals surface area contributed by atoms with Crippen LogP contribution in [-0.4, -0.2) is 63.7 Å². The lowest BCUT2D eigenvalue weighted by molar-refractivity contribution is -0.149. The van der Waals surface area contributed by atoms with E-state index in [-0.39, 0.29) is 0 Å². The Bertz CT molecular complexity index is 633. The summed E-state index contributed by atoms with van der Waals surface area (Å²) >= 11 is 0. The molecule has 0 amide bonds. The van der Waals surface area contributed by atoms with Gasteiger partial charge in [-0.1, -0.05) is 35.5 Å². The van der Waals surface area contributed by atoms with Crippen molar-refractivity contribution < 1.29 is 13.2 Å². The quantitative estimate of drug-likeness (QED) is 0.835. The van der Waals surface area contributed by atoms with E-state index in [1.54, 1.807) is 6.20 Å². The van der Waals surface area contributed by atoms with Gasteiger partial charge < -0.3 is 0 Å². The van der Waals surface area contributed by atoms with Crippen LogP contribution < -0.4 is 0 Å². The molecule has 1 aromatic heterocycles. The average Bonchev–Trinajstić information content (AvgIpc) is 2.96. The number of halogens is 3. The molecule has 2 aromatic rings. The molecule has 2 heterocycles. The lowest BCUT2D eigenvalue weighted by atomic mass is 10.2. The van der Waals surface area contributed by atoms with Crippen molar-refractivity contribution in [2.24, 2.45) is 0 Å². The Morgan fingerprint density at radius 2 is 1.58 bits per heavy atom. The van der Waals surface area contributed by atoms with Crippen molar-refractivity contribution in [3.63, 3.8) is 0 Å². The van der Waals surface area contributed by atoms with Crippen LogP contribution in [0.1, 0.15) is 11.3 Å². The highest BCUT2D eigenvalue weighted by Gasteiger charge is 2.32. The molecule has 1 saturated heterocycles. The van der Waals surface area contributed by atoms with Crippen LogP contribution in [0.5, 0.6) is 0 Å². The number of alkyl halides is 3. The van der Waals surface area contributed by atoms with Crippen LogP contribution in [0.25, 0.3) is 0 Å². The van der Waals surface area contributed by atoms with Gasteiger partial charge in [-0.25, -0.2) is 4.68 Å². The first-order valence-corrected chi connectivity index (χ1v) is 7.92. The Morgan fingerprint density at radius 3 is 2.25 bits per heavy atom. The molecule has 1 aromatic carbocycles. The van der Waals surface area contributed by atoms with Crippen molar-refractivity contribution in [3.05, 3.63) is 47.8 Å². The number of hydrogen-bond donors (Lipinski definition) is 0. The first-order chi connectivity index (χ1) is 11.5. The molecule has 3 rings (SSSR count). The zero-order valence-corrected chi connectivity index (χ0v) is 13.3. The third kappa shape index (κ3) is 4.78. The topological polar surface area (TPSA) is 37.2 Å². The molecule has 130 valence electrons. The number of aromatic nitrogens is 3. The minimum absolute atomic E-state index is 0.430. The van der Waals surface area contributed by atoms with E-state index < -0.39 is 12.7 Å². The SMILES string of the molecule is FC(F)(F)CN1CCN(Cc2cnnn2Cc2ccccc2)CC1. The summed E-state index contributed by atoms with van der Waals surface area (Å²) in [7, 11) is 0. The third-order valence-corrected chi connectivity index (χ3v) is 4.13. The molecule has 0 unspecified atom stereocenters. The highest BCUT2D eigenvalue weighted by atomic mass is 19.4. The summed E-state index contributed by atoms with van der Waals surface area (Å²) in [5.41, 5.74) is 2.11. The predicted molar refractivity (Wildman–Crippen MR) is 83.3 cm³/mol. The molecule has 1 aliphatic heterocycles. The number of nitrogens with zero attached hydrogens (tertiary/aromatic N) is 5. The summed E-state index contributed by atoms with van der Waals surface area (Å²) in [5.74, 6) is 0. The van der Waals surface area contributed by atoms with E-state index in [1.807, 2.05) is 35.0 Å². The Kier molecular flexibility index (Phi) is 5.15. The fourth-order valence-corrected chi connectivity index (χ4v) is 2.88. The highest BCUT2D eigenvalue weighted by molar-refractivity contribution is 5.15. The van der Waals surface area contributed by atoms with Crippen molar-refractivity contribution in [2.75, 3.05) is 32.7 Å². The zero-order chi connectivity index (χ0) is 17.0. The fraction of sp³-hybridized carbons (Fsp3) is 0.500. The minimum Gasteiger partial charge on any atom is -0.295 e. The van der Waals surface area contributed by atoms with Crippen LogP contribution in [0.4, 0.5) is 13.2 Å². The van der Waals surface area contributed by atoms with Crippen molar-refractivity contribution >= 4 is 0 Å². The second-order valence-electron chi connectivity index (χ2n) is 6.04. The zero-order valence-electron chi connectivity index (χ0n) is 13.3. The van der Waals surface area contributed by atoms with E-state index in [1.165, 1.54) is 4.90 Å². The second kappa shape index (κ2) is 7.31. The van der Waals surface area contributed by atoms with Gasteiger partial charge >= 0.3 is 6.18 Å². The first kappa shape index (κ1) is 16.9. The van der Waals surface area contributed by atoms with E-state index in [0.717, 1.165) is 11.3 Å². The van der Waals surface area contributed by atoms with Crippen molar-refractivity contribution in [2.45, 2.75) is 19.3 Å². The van der Waals surface area contributed by atoms with E-state index in [0.29, 0.717) is 39.3 Å². The summed E-state index contributed by atoms with van der Waals surface area (Å²) < 4.78 is 39.1.